The zero-order chi connectivity index (χ0) is 17.3. The maximum atomic E-state index is 12.4. The lowest BCUT2D eigenvalue weighted by atomic mass is 10.1. The summed E-state index contributed by atoms with van der Waals surface area (Å²) in [7, 11) is 1.70. The highest BCUT2D eigenvalue weighted by molar-refractivity contribution is 6.30. The van der Waals surface area contributed by atoms with Crippen molar-refractivity contribution in [1.29, 1.82) is 0 Å². The average molecular weight is 344 g/mol. The lowest BCUT2D eigenvalue weighted by Crippen LogP contribution is -2.34. The maximum absolute atomic E-state index is 12.4. The monoisotopic (exact) mass is 343 g/mol. The second-order valence-corrected chi connectivity index (χ2v) is 6.19. The quantitative estimate of drug-likeness (QED) is 0.792. The van der Waals surface area contributed by atoms with Crippen LogP contribution in [-0.2, 0) is 18.4 Å². The highest BCUT2D eigenvalue weighted by atomic mass is 35.5. The van der Waals surface area contributed by atoms with Crippen LogP contribution >= 0.6 is 11.6 Å². The first-order chi connectivity index (χ1) is 11.5. The second-order valence-electron chi connectivity index (χ2n) is 5.76. The topological polar surface area (TPSA) is 56.0 Å². The van der Waals surface area contributed by atoms with E-state index in [2.05, 4.69) is 5.32 Å². The number of aromatic nitrogens is 2. The molecule has 3 aromatic rings. The Hall–Kier alpha value is -2.53. The zero-order valence-corrected chi connectivity index (χ0v) is 14.2. The minimum absolute atomic E-state index is 0.0158. The van der Waals surface area contributed by atoms with E-state index in [0.717, 1.165) is 16.6 Å². The number of nitrogens with zero attached hydrogens (tertiary/aromatic N) is 2. The molecule has 0 aliphatic rings. The van der Waals surface area contributed by atoms with Crippen LogP contribution < -0.4 is 11.0 Å². The van der Waals surface area contributed by atoms with Gasteiger partial charge in [0.1, 0.15) is 6.54 Å². The molecule has 0 fully saturated rings. The third kappa shape index (κ3) is 3.08. The predicted molar refractivity (Wildman–Crippen MR) is 95.2 cm³/mol. The first kappa shape index (κ1) is 16.3. The molecule has 6 heteroatoms. The normalized spacial score (nSPS) is 12.3. The number of para-hydroxylation sites is 2. The summed E-state index contributed by atoms with van der Waals surface area (Å²) in [4.78, 5) is 24.7. The van der Waals surface area contributed by atoms with Crippen LogP contribution in [0, 0.1) is 0 Å². The fraction of sp³-hybridized carbons (Fsp3) is 0.222. The van der Waals surface area contributed by atoms with Gasteiger partial charge in [-0.1, -0.05) is 35.9 Å². The van der Waals surface area contributed by atoms with E-state index in [-0.39, 0.29) is 24.2 Å². The lowest BCUT2D eigenvalue weighted by Gasteiger charge is -2.14. The van der Waals surface area contributed by atoms with Gasteiger partial charge in [0.25, 0.3) is 0 Å². The van der Waals surface area contributed by atoms with Gasteiger partial charge in [-0.2, -0.15) is 0 Å². The Morgan fingerprint density at radius 2 is 1.75 bits per heavy atom. The van der Waals surface area contributed by atoms with E-state index < -0.39 is 0 Å². The van der Waals surface area contributed by atoms with Crippen molar-refractivity contribution in [2.45, 2.75) is 19.5 Å². The van der Waals surface area contributed by atoms with Crippen molar-refractivity contribution in [3.8, 4) is 0 Å². The highest BCUT2D eigenvalue weighted by Gasteiger charge is 2.15. The van der Waals surface area contributed by atoms with Gasteiger partial charge in [-0.25, -0.2) is 4.79 Å². The minimum Gasteiger partial charge on any atom is -0.348 e. The molecule has 0 spiro atoms. The molecule has 124 valence electrons. The van der Waals surface area contributed by atoms with E-state index in [9.17, 15) is 9.59 Å². The molecule has 1 heterocycles. The van der Waals surface area contributed by atoms with Crippen LogP contribution in [0.2, 0.25) is 5.02 Å². The molecule has 1 atom stereocenters. The smallest absolute Gasteiger partial charge is 0.329 e. The Bertz CT molecular complexity index is 941. The predicted octanol–water partition coefficient (Wildman–Crippen LogP) is 2.87. The summed E-state index contributed by atoms with van der Waals surface area (Å²) < 4.78 is 3.03. The van der Waals surface area contributed by atoms with E-state index in [0.29, 0.717) is 5.02 Å². The van der Waals surface area contributed by atoms with Gasteiger partial charge in [-0.15, -0.1) is 0 Å². The SMILES string of the molecule is CC(NC(=O)Cn1c(=O)n(C)c2ccccc21)c1ccc(Cl)cc1. The number of amides is 1. The first-order valence-electron chi connectivity index (χ1n) is 7.66. The van der Waals surface area contributed by atoms with E-state index in [1.54, 1.807) is 23.7 Å². The maximum Gasteiger partial charge on any atom is 0.329 e. The summed E-state index contributed by atoms with van der Waals surface area (Å²) in [5.41, 5.74) is 2.31. The van der Waals surface area contributed by atoms with Gasteiger partial charge in [0, 0.05) is 12.1 Å². The van der Waals surface area contributed by atoms with Crippen molar-refractivity contribution in [2.24, 2.45) is 7.05 Å². The van der Waals surface area contributed by atoms with Crippen molar-refractivity contribution < 1.29 is 4.79 Å². The van der Waals surface area contributed by atoms with Gasteiger partial charge >= 0.3 is 5.69 Å². The number of aryl methyl sites for hydroxylation is 1. The summed E-state index contributed by atoms with van der Waals surface area (Å²) in [6.45, 7) is 1.88. The molecular formula is C18H18ClN3O2. The molecule has 2 aromatic carbocycles. The summed E-state index contributed by atoms with van der Waals surface area (Å²) in [6, 6.07) is 14.6. The van der Waals surface area contributed by atoms with Crippen molar-refractivity contribution in [3.05, 3.63) is 69.6 Å². The van der Waals surface area contributed by atoms with Crippen LogP contribution in [0.4, 0.5) is 0 Å². The second kappa shape index (κ2) is 6.53. The van der Waals surface area contributed by atoms with Gasteiger partial charge in [-0.3, -0.25) is 13.9 Å². The molecule has 0 saturated heterocycles. The van der Waals surface area contributed by atoms with Crippen LogP contribution in [0.1, 0.15) is 18.5 Å². The molecule has 0 saturated carbocycles. The third-order valence-corrected chi connectivity index (χ3v) is 4.35. The molecule has 24 heavy (non-hydrogen) atoms. The lowest BCUT2D eigenvalue weighted by molar-refractivity contribution is -0.122. The first-order valence-corrected chi connectivity index (χ1v) is 8.04. The number of carbonyl (C=O) groups is 1. The van der Waals surface area contributed by atoms with Gasteiger partial charge < -0.3 is 5.32 Å². The van der Waals surface area contributed by atoms with Crippen molar-refractivity contribution in [2.75, 3.05) is 0 Å². The van der Waals surface area contributed by atoms with Crippen molar-refractivity contribution in [1.82, 2.24) is 14.5 Å². The zero-order valence-electron chi connectivity index (χ0n) is 13.5. The van der Waals surface area contributed by atoms with Crippen LogP contribution in [0.15, 0.2) is 53.3 Å². The van der Waals surface area contributed by atoms with Gasteiger partial charge in [0.05, 0.1) is 17.1 Å². The Balaban J connectivity index is 1.79. The van der Waals surface area contributed by atoms with E-state index in [1.165, 1.54) is 4.57 Å². The molecular weight excluding hydrogens is 326 g/mol. The van der Waals surface area contributed by atoms with Gasteiger partial charge in [0.2, 0.25) is 5.91 Å². The number of carbonyl (C=O) groups excluding carboxylic acids is 1. The molecule has 0 aliphatic heterocycles. The number of imidazole rings is 1. The number of benzene rings is 2. The average Bonchev–Trinajstić information content (AvgIpc) is 2.81. The molecule has 1 unspecified atom stereocenters. The summed E-state index contributed by atoms with van der Waals surface area (Å²) in [6.07, 6.45) is 0. The molecule has 1 aromatic heterocycles. The number of nitrogens with one attached hydrogen (secondary N) is 1. The largest absolute Gasteiger partial charge is 0.348 e. The number of rotatable bonds is 4. The standard InChI is InChI=1S/C18H18ClN3O2/c1-12(13-7-9-14(19)10-8-13)20-17(23)11-22-16-6-4-3-5-15(16)21(2)18(22)24/h3-10,12H,11H2,1-2H3,(H,20,23). The fourth-order valence-corrected chi connectivity index (χ4v) is 2.91. The molecule has 5 nitrogen and oxygen atoms in total. The van der Waals surface area contributed by atoms with E-state index in [4.69, 9.17) is 11.6 Å². The van der Waals surface area contributed by atoms with Crippen LogP contribution in [0.3, 0.4) is 0 Å². The molecule has 0 bridgehead atoms. The Kier molecular flexibility index (Phi) is 4.44. The van der Waals surface area contributed by atoms with Crippen LogP contribution in [-0.4, -0.2) is 15.0 Å². The Labute approximate surface area is 144 Å². The Morgan fingerprint density at radius 3 is 2.42 bits per heavy atom. The highest BCUT2D eigenvalue weighted by Crippen LogP contribution is 2.16. The van der Waals surface area contributed by atoms with E-state index >= 15 is 0 Å². The molecule has 1 N–H and O–H groups in total. The van der Waals surface area contributed by atoms with Crippen molar-refractivity contribution in [3.63, 3.8) is 0 Å². The molecule has 0 aliphatic carbocycles. The van der Waals surface area contributed by atoms with Crippen LogP contribution in [0.5, 0.6) is 0 Å². The van der Waals surface area contributed by atoms with Crippen molar-refractivity contribution >= 4 is 28.5 Å². The minimum atomic E-state index is -0.212. The summed E-state index contributed by atoms with van der Waals surface area (Å²) in [5.74, 6) is -0.212. The summed E-state index contributed by atoms with van der Waals surface area (Å²) in [5, 5.41) is 3.57. The number of fused-ring (bicyclic) bond motifs is 1. The third-order valence-electron chi connectivity index (χ3n) is 4.10. The van der Waals surface area contributed by atoms with E-state index in [1.807, 2.05) is 43.3 Å². The van der Waals surface area contributed by atoms with Crippen LogP contribution in [0.25, 0.3) is 11.0 Å². The fourth-order valence-electron chi connectivity index (χ4n) is 2.78. The number of hydrogen-bond acceptors (Lipinski definition) is 2. The van der Waals surface area contributed by atoms with Gasteiger partial charge in [0.15, 0.2) is 0 Å². The summed E-state index contributed by atoms with van der Waals surface area (Å²) >= 11 is 5.88. The number of halogens is 1. The molecule has 3 rings (SSSR count). The number of hydrogen-bond donors (Lipinski definition) is 1. The molecule has 0 radical (unpaired) electrons. The van der Waals surface area contributed by atoms with Gasteiger partial charge in [-0.05, 0) is 36.8 Å². The Morgan fingerprint density at radius 1 is 1.12 bits per heavy atom. The molecule has 1 amide bonds.